The van der Waals surface area contributed by atoms with Crippen LogP contribution in [-0.2, 0) is 4.74 Å². The Morgan fingerprint density at radius 3 is 2.46 bits per heavy atom. The molecule has 1 rings (SSSR count). The maximum atomic E-state index is 11.0. The van der Waals surface area contributed by atoms with Crippen molar-refractivity contribution in [1.82, 2.24) is 9.80 Å². The molecule has 1 fully saturated rings. The Bertz CT molecular complexity index is 167. The first kappa shape index (κ1) is 10.3. The van der Waals surface area contributed by atoms with Crippen LogP contribution >= 0.6 is 0 Å². The van der Waals surface area contributed by atoms with Crippen molar-refractivity contribution in [3.63, 3.8) is 0 Å². The molecule has 0 saturated carbocycles. The van der Waals surface area contributed by atoms with Gasteiger partial charge in [-0.15, -0.1) is 0 Å². The fraction of sp³-hybridized carbons (Fsp3) is 0.750. The quantitative estimate of drug-likeness (QED) is 0.634. The van der Waals surface area contributed by atoms with Crippen LogP contribution in [0, 0.1) is 7.11 Å². The molecule has 1 radical (unpaired) electrons. The SMILES string of the molecule is [CH2]OC(=O)N1CCN(CCO)CC1. The number of aliphatic hydroxyl groups is 1. The second-order valence-corrected chi connectivity index (χ2v) is 2.96. The summed E-state index contributed by atoms with van der Waals surface area (Å²) in [6.07, 6.45) is -0.372. The Morgan fingerprint density at radius 1 is 1.38 bits per heavy atom. The second kappa shape index (κ2) is 5.04. The Hall–Kier alpha value is -0.810. The molecule has 1 aliphatic heterocycles. The van der Waals surface area contributed by atoms with Gasteiger partial charge in [0.25, 0.3) is 0 Å². The minimum Gasteiger partial charge on any atom is -0.446 e. The number of carbonyl (C=O) groups is 1. The van der Waals surface area contributed by atoms with Crippen LogP contribution in [0.25, 0.3) is 0 Å². The topological polar surface area (TPSA) is 53.0 Å². The van der Waals surface area contributed by atoms with Crippen LogP contribution in [0.15, 0.2) is 0 Å². The molecule has 0 aromatic rings. The number of β-amino-alcohol motifs (C(OH)–C–C–N with tert-alkyl or cyclic N) is 1. The fourth-order valence-corrected chi connectivity index (χ4v) is 1.39. The van der Waals surface area contributed by atoms with E-state index < -0.39 is 0 Å². The summed E-state index contributed by atoms with van der Waals surface area (Å²) in [5.74, 6) is 0. The number of hydrogen-bond donors (Lipinski definition) is 1. The third kappa shape index (κ3) is 2.86. The van der Waals surface area contributed by atoms with Gasteiger partial charge in [0, 0.05) is 32.7 Å². The summed E-state index contributed by atoms with van der Waals surface area (Å²) >= 11 is 0. The molecule has 75 valence electrons. The average molecular weight is 187 g/mol. The fourth-order valence-electron chi connectivity index (χ4n) is 1.39. The number of hydrogen-bond acceptors (Lipinski definition) is 4. The molecule has 5 nitrogen and oxygen atoms in total. The smallest absolute Gasteiger partial charge is 0.409 e. The van der Waals surface area contributed by atoms with Crippen molar-refractivity contribution in [3.05, 3.63) is 7.11 Å². The van der Waals surface area contributed by atoms with Gasteiger partial charge in [-0.05, 0) is 0 Å². The lowest BCUT2D eigenvalue weighted by Gasteiger charge is -2.33. The van der Waals surface area contributed by atoms with Crippen LogP contribution in [0.4, 0.5) is 4.79 Å². The molecule has 13 heavy (non-hydrogen) atoms. The maximum Gasteiger partial charge on any atom is 0.409 e. The predicted octanol–water partition coefficient (Wildman–Crippen LogP) is -0.476. The van der Waals surface area contributed by atoms with Crippen LogP contribution in [-0.4, -0.2) is 60.3 Å². The molecule has 1 saturated heterocycles. The zero-order valence-corrected chi connectivity index (χ0v) is 7.61. The molecule has 1 heterocycles. The number of piperazine rings is 1. The third-order valence-electron chi connectivity index (χ3n) is 2.17. The number of amides is 1. The maximum absolute atomic E-state index is 11.0. The van der Waals surface area contributed by atoms with Gasteiger partial charge in [0.1, 0.15) is 7.11 Å². The molecular weight excluding hydrogens is 172 g/mol. The van der Waals surface area contributed by atoms with Gasteiger partial charge in [-0.25, -0.2) is 4.79 Å². The molecule has 0 aromatic heterocycles. The second-order valence-electron chi connectivity index (χ2n) is 2.96. The van der Waals surface area contributed by atoms with Crippen molar-refractivity contribution >= 4 is 6.09 Å². The van der Waals surface area contributed by atoms with Crippen LogP contribution < -0.4 is 0 Å². The minimum atomic E-state index is -0.372. The minimum absolute atomic E-state index is 0.166. The molecule has 0 spiro atoms. The van der Waals surface area contributed by atoms with E-state index >= 15 is 0 Å². The van der Waals surface area contributed by atoms with E-state index in [1.54, 1.807) is 4.90 Å². The molecule has 0 bridgehead atoms. The highest BCUT2D eigenvalue weighted by Crippen LogP contribution is 2.02. The lowest BCUT2D eigenvalue weighted by atomic mass is 10.3. The number of aliphatic hydroxyl groups excluding tert-OH is 1. The summed E-state index contributed by atoms with van der Waals surface area (Å²) < 4.78 is 4.35. The van der Waals surface area contributed by atoms with Gasteiger partial charge in [-0.3, -0.25) is 4.90 Å². The molecule has 0 aromatic carbocycles. The van der Waals surface area contributed by atoms with Crippen LogP contribution in [0.2, 0.25) is 0 Å². The van der Waals surface area contributed by atoms with E-state index in [2.05, 4.69) is 16.7 Å². The van der Waals surface area contributed by atoms with Crippen LogP contribution in [0.3, 0.4) is 0 Å². The van der Waals surface area contributed by atoms with E-state index in [1.165, 1.54) is 0 Å². The van der Waals surface area contributed by atoms with Gasteiger partial charge in [-0.1, -0.05) is 0 Å². The molecular formula is C8H15N2O3. The highest BCUT2D eigenvalue weighted by Gasteiger charge is 2.20. The first-order valence-corrected chi connectivity index (χ1v) is 4.32. The summed E-state index contributed by atoms with van der Waals surface area (Å²) in [6, 6.07) is 0. The highest BCUT2D eigenvalue weighted by molar-refractivity contribution is 5.67. The molecule has 1 amide bonds. The van der Waals surface area contributed by atoms with Crippen molar-refractivity contribution in [2.75, 3.05) is 39.3 Å². The van der Waals surface area contributed by atoms with E-state index in [0.29, 0.717) is 19.6 Å². The summed E-state index contributed by atoms with van der Waals surface area (Å²) in [4.78, 5) is 14.7. The van der Waals surface area contributed by atoms with Gasteiger partial charge in [0.2, 0.25) is 0 Å². The van der Waals surface area contributed by atoms with E-state index in [9.17, 15) is 4.79 Å². The predicted molar refractivity (Wildman–Crippen MR) is 46.9 cm³/mol. The molecule has 0 aliphatic carbocycles. The molecule has 5 heteroatoms. The molecule has 0 unspecified atom stereocenters. The summed E-state index contributed by atoms with van der Waals surface area (Å²) in [6.45, 7) is 3.71. The van der Waals surface area contributed by atoms with Crippen molar-refractivity contribution < 1.29 is 14.6 Å². The Kier molecular flexibility index (Phi) is 3.98. The zero-order valence-electron chi connectivity index (χ0n) is 7.61. The lowest BCUT2D eigenvalue weighted by Crippen LogP contribution is -2.49. The van der Waals surface area contributed by atoms with Crippen molar-refractivity contribution in [1.29, 1.82) is 0 Å². The molecule has 0 atom stereocenters. The van der Waals surface area contributed by atoms with Gasteiger partial charge in [-0.2, -0.15) is 0 Å². The van der Waals surface area contributed by atoms with Gasteiger partial charge in [0.05, 0.1) is 6.61 Å². The highest BCUT2D eigenvalue weighted by atomic mass is 16.5. The monoisotopic (exact) mass is 187 g/mol. The molecule has 1 N–H and O–H groups in total. The van der Waals surface area contributed by atoms with E-state index in [-0.39, 0.29) is 12.7 Å². The number of carbonyl (C=O) groups excluding carboxylic acids is 1. The van der Waals surface area contributed by atoms with Gasteiger partial charge >= 0.3 is 6.09 Å². The van der Waals surface area contributed by atoms with E-state index in [0.717, 1.165) is 13.1 Å². The normalized spacial score (nSPS) is 18.8. The number of rotatable bonds is 2. The Labute approximate surface area is 77.9 Å². The third-order valence-corrected chi connectivity index (χ3v) is 2.17. The molecule has 1 aliphatic rings. The lowest BCUT2D eigenvalue weighted by molar-refractivity contribution is 0.0911. The van der Waals surface area contributed by atoms with Gasteiger partial charge < -0.3 is 14.7 Å². The van der Waals surface area contributed by atoms with E-state index in [1.807, 2.05) is 0 Å². The largest absolute Gasteiger partial charge is 0.446 e. The van der Waals surface area contributed by atoms with Crippen LogP contribution in [0.1, 0.15) is 0 Å². The van der Waals surface area contributed by atoms with Crippen molar-refractivity contribution in [2.45, 2.75) is 0 Å². The van der Waals surface area contributed by atoms with E-state index in [4.69, 9.17) is 5.11 Å². The summed E-state index contributed by atoms with van der Waals surface area (Å²) in [5.41, 5.74) is 0. The standard InChI is InChI=1S/C8H15N2O3/c1-13-8(12)10-4-2-9(3-5-10)6-7-11/h11H,1-7H2. The number of nitrogens with zero attached hydrogens (tertiary/aromatic N) is 2. The first-order chi connectivity index (χ1) is 6.27. The zero-order chi connectivity index (χ0) is 9.68. The Balaban J connectivity index is 2.26. The van der Waals surface area contributed by atoms with Gasteiger partial charge in [0.15, 0.2) is 0 Å². The Morgan fingerprint density at radius 2 is 2.00 bits per heavy atom. The summed E-state index contributed by atoms with van der Waals surface area (Å²) in [7, 11) is 3.07. The van der Waals surface area contributed by atoms with Crippen molar-refractivity contribution in [2.24, 2.45) is 0 Å². The first-order valence-electron chi connectivity index (χ1n) is 4.32. The van der Waals surface area contributed by atoms with Crippen molar-refractivity contribution in [3.8, 4) is 0 Å². The number of ether oxygens (including phenoxy) is 1. The average Bonchev–Trinajstić information content (AvgIpc) is 2.18. The van der Waals surface area contributed by atoms with Crippen LogP contribution in [0.5, 0.6) is 0 Å². The summed E-state index contributed by atoms with van der Waals surface area (Å²) in [5, 5.41) is 8.68.